The first-order valence-electron chi connectivity index (χ1n) is 15.1. The minimum atomic E-state index is -0.546. The first kappa shape index (κ1) is 30.7. The fourth-order valence-corrected chi connectivity index (χ4v) is 5.24. The SMILES string of the molecule is CC(C)(C)OC(=O)N1CCCC1c1ncc(C#Cc2ccc(C#Cc3cnc(C4CCCN4C(=O)OC(C)(C)C)[nH]3)cc2)[nH]1. The van der Waals surface area contributed by atoms with Gasteiger partial charge in [-0.15, -0.1) is 0 Å². The summed E-state index contributed by atoms with van der Waals surface area (Å²) < 4.78 is 11.1. The van der Waals surface area contributed by atoms with E-state index in [0.29, 0.717) is 24.5 Å². The molecule has 3 aromatic rings. The van der Waals surface area contributed by atoms with Gasteiger partial charge in [0.2, 0.25) is 0 Å². The normalized spacial score (nSPS) is 18.3. The molecule has 44 heavy (non-hydrogen) atoms. The van der Waals surface area contributed by atoms with Gasteiger partial charge in [-0.2, -0.15) is 0 Å². The number of H-pyrrole nitrogens is 2. The van der Waals surface area contributed by atoms with Gasteiger partial charge in [-0.25, -0.2) is 19.6 Å². The van der Waals surface area contributed by atoms with Crippen LogP contribution in [0.25, 0.3) is 0 Å². The lowest BCUT2D eigenvalue weighted by atomic mass is 10.1. The molecular formula is C34H40N6O4. The molecule has 10 heteroatoms. The smallest absolute Gasteiger partial charge is 0.410 e. The predicted octanol–water partition coefficient (Wildman–Crippen LogP) is 6.08. The van der Waals surface area contributed by atoms with E-state index in [1.165, 1.54) is 0 Å². The highest BCUT2D eigenvalue weighted by Crippen LogP contribution is 2.32. The van der Waals surface area contributed by atoms with Gasteiger partial charge in [0.25, 0.3) is 0 Å². The van der Waals surface area contributed by atoms with E-state index in [9.17, 15) is 9.59 Å². The third-order valence-corrected chi connectivity index (χ3v) is 7.15. The third kappa shape index (κ3) is 7.82. The van der Waals surface area contributed by atoms with Gasteiger partial charge in [0.05, 0.1) is 24.5 Å². The fraction of sp³-hybridized carbons (Fsp3) is 0.471. The Kier molecular flexibility index (Phi) is 8.73. The third-order valence-electron chi connectivity index (χ3n) is 7.15. The van der Waals surface area contributed by atoms with Crippen LogP contribution in [0.15, 0.2) is 36.7 Å². The van der Waals surface area contributed by atoms with E-state index in [1.807, 2.05) is 65.8 Å². The molecule has 0 radical (unpaired) electrons. The Morgan fingerprint density at radius 1 is 0.705 bits per heavy atom. The number of likely N-dealkylation sites (tertiary alicyclic amines) is 2. The van der Waals surface area contributed by atoms with Crippen LogP contribution in [-0.2, 0) is 9.47 Å². The Balaban J connectivity index is 1.19. The molecule has 2 fully saturated rings. The minimum Gasteiger partial charge on any atom is -0.444 e. The van der Waals surface area contributed by atoms with Crippen molar-refractivity contribution in [3.8, 4) is 23.7 Å². The van der Waals surface area contributed by atoms with Gasteiger partial charge >= 0.3 is 12.2 Å². The molecule has 2 N–H and O–H groups in total. The number of hydrogen-bond donors (Lipinski definition) is 2. The highest BCUT2D eigenvalue weighted by molar-refractivity contribution is 5.69. The largest absolute Gasteiger partial charge is 0.444 e. The number of aromatic amines is 2. The predicted molar refractivity (Wildman–Crippen MR) is 165 cm³/mol. The van der Waals surface area contributed by atoms with Crippen LogP contribution in [0.4, 0.5) is 9.59 Å². The van der Waals surface area contributed by atoms with Crippen LogP contribution >= 0.6 is 0 Å². The van der Waals surface area contributed by atoms with E-state index in [1.54, 1.807) is 22.2 Å². The zero-order valence-corrected chi connectivity index (χ0v) is 26.3. The number of aromatic nitrogens is 4. The summed E-state index contributed by atoms with van der Waals surface area (Å²) in [5.41, 5.74) is 1.96. The molecule has 2 amide bonds. The number of rotatable bonds is 2. The van der Waals surface area contributed by atoms with E-state index < -0.39 is 11.2 Å². The summed E-state index contributed by atoms with van der Waals surface area (Å²) in [4.78, 5) is 44.3. The number of hydrogen-bond acceptors (Lipinski definition) is 6. The Labute approximate surface area is 258 Å². The van der Waals surface area contributed by atoms with Crippen LogP contribution in [0.2, 0.25) is 0 Å². The molecule has 2 atom stereocenters. The number of nitrogens with one attached hydrogen (secondary N) is 2. The van der Waals surface area contributed by atoms with E-state index >= 15 is 0 Å². The molecule has 0 spiro atoms. The Hall–Kier alpha value is -4.70. The summed E-state index contributed by atoms with van der Waals surface area (Å²) in [6, 6.07) is 7.39. The van der Waals surface area contributed by atoms with Crippen molar-refractivity contribution in [2.75, 3.05) is 13.1 Å². The molecule has 2 saturated heterocycles. The maximum atomic E-state index is 12.6. The molecule has 0 saturated carbocycles. The average Bonchev–Trinajstić information content (AvgIpc) is 3.75. The summed E-state index contributed by atoms with van der Waals surface area (Å²) in [6.45, 7) is 12.5. The molecule has 0 aliphatic carbocycles. The Morgan fingerprint density at radius 3 is 1.45 bits per heavy atom. The molecule has 4 heterocycles. The van der Waals surface area contributed by atoms with Gasteiger partial charge in [-0.05, 0) is 103 Å². The maximum Gasteiger partial charge on any atom is 0.410 e. The number of carbonyl (C=O) groups is 2. The second-order valence-electron chi connectivity index (χ2n) is 13.1. The summed E-state index contributed by atoms with van der Waals surface area (Å²) in [5, 5.41) is 0. The van der Waals surface area contributed by atoms with Crippen molar-refractivity contribution < 1.29 is 19.1 Å². The van der Waals surface area contributed by atoms with Crippen molar-refractivity contribution in [2.45, 2.75) is 90.5 Å². The number of carbonyl (C=O) groups excluding carboxylic acids is 2. The molecule has 10 nitrogen and oxygen atoms in total. The minimum absolute atomic E-state index is 0.147. The lowest BCUT2D eigenvalue weighted by molar-refractivity contribution is 0.0208. The first-order chi connectivity index (χ1) is 20.8. The van der Waals surface area contributed by atoms with E-state index in [4.69, 9.17) is 9.47 Å². The zero-order valence-electron chi connectivity index (χ0n) is 26.3. The molecule has 230 valence electrons. The van der Waals surface area contributed by atoms with Crippen molar-refractivity contribution in [1.82, 2.24) is 29.7 Å². The molecule has 2 aromatic heterocycles. The molecule has 1 aromatic carbocycles. The van der Waals surface area contributed by atoms with Gasteiger partial charge in [-0.3, -0.25) is 9.80 Å². The summed E-state index contributed by atoms with van der Waals surface area (Å²) in [7, 11) is 0. The maximum absolute atomic E-state index is 12.6. The Morgan fingerprint density at radius 2 is 1.09 bits per heavy atom. The molecule has 5 rings (SSSR count). The zero-order chi connectivity index (χ0) is 31.5. The molecular weight excluding hydrogens is 556 g/mol. The summed E-state index contributed by atoms with van der Waals surface area (Å²) in [5.74, 6) is 14.0. The highest BCUT2D eigenvalue weighted by Gasteiger charge is 2.36. The standard InChI is InChI=1S/C34H40N6O4/c1-33(2,3)43-31(41)39-19-7-9-27(39)29-35-21-25(37-29)17-15-23-11-13-24(14-12-23)16-18-26-22-36-30(38-26)28-10-8-20-40(28)32(42)44-34(4,5)6/h11-14,21-22,27-28H,7-10,19-20H2,1-6H3,(H,35,37)(H,36,38). The quantitative estimate of drug-likeness (QED) is 0.347. The number of benzene rings is 1. The van der Waals surface area contributed by atoms with Gasteiger partial charge in [0.15, 0.2) is 0 Å². The molecule has 2 aliphatic rings. The van der Waals surface area contributed by atoms with Crippen LogP contribution in [0.1, 0.15) is 113 Å². The van der Waals surface area contributed by atoms with Gasteiger partial charge in [0.1, 0.15) is 34.2 Å². The van der Waals surface area contributed by atoms with Gasteiger partial charge in [0, 0.05) is 24.2 Å². The lowest BCUT2D eigenvalue weighted by Gasteiger charge is -2.27. The van der Waals surface area contributed by atoms with Crippen LogP contribution < -0.4 is 0 Å². The van der Waals surface area contributed by atoms with Crippen LogP contribution in [-0.4, -0.2) is 66.2 Å². The average molecular weight is 597 g/mol. The number of imidazole rings is 2. The van der Waals surface area contributed by atoms with Crippen molar-refractivity contribution in [3.05, 3.63) is 70.8 Å². The number of ether oxygens (including phenoxy) is 2. The van der Waals surface area contributed by atoms with Crippen molar-refractivity contribution in [1.29, 1.82) is 0 Å². The van der Waals surface area contributed by atoms with Crippen LogP contribution in [0.5, 0.6) is 0 Å². The molecule has 0 bridgehead atoms. The van der Waals surface area contributed by atoms with Crippen LogP contribution in [0, 0.1) is 23.7 Å². The van der Waals surface area contributed by atoms with E-state index in [-0.39, 0.29) is 24.3 Å². The van der Waals surface area contributed by atoms with E-state index in [0.717, 1.165) is 48.5 Å². The fourth-order valence-electron chi connectivity index (χ4n) is 5.24. The van der Waals surface area contributed by atoms with E-state index in [2.05, 4.69) is 43.6 Å². The van der Waals surface area contributed by atoms with Crippen molar-refractivity contribution in [2.24, 2.45) is 0 Å². The lowest BCUT2D eigenvalue weighted by Crippen LogP contribution is -2.36. The van der Waals surface area contributed by atoms with Crippen molar-refractivity contribution in [3.63, 3.8) is 0 Å². The highest BCUT2D eigenvalue weighted by atomic mass is 16.6. The second-order valence-corrected chi connectivity index (χ2v) is 13.1. The van der Waals surface area contributed by atoms with Gasteiger partial charge in [-0.1, -0.05) is 11.8 Å². The molecule has 2 unspecified atom stereocenters. The first-order valence-corrected chi connectivity index (χ1v) is 15.1. The number of amides is 2. The Bertz CT molecular complexity index is 1500. The monoisotopic (exact) mass is 596 g/mol. The summed E-state index contributed by atoms with van der Waals surface area (Å²) >= 11 is 0. The van der Waals surface area contributed by atoms with Crippen molar-refractivity contribution >= 4 is 12.2 Å². The topological polar surface area (TPSA) is 116 Å². The second kappa shape index (κ2) is 12.5. The van der Waals surface area contributed by atoms with Crippen LogP contribution in [0.3, 0.4) is 0 Å². The summed E-state index contributed by atoms with van der Waals surface area (Å²) in [6.07, 6.45) is 6.21. The molecule has 2 aliphatic heterocycles. The number of nitrogens with zero attached hydrogens (tertiary/aromatic N) is 4. The van der Waals surface area contributed by atoms with Gasteiger partial charge < -0.3 is 19.4 Å².